The molecule has 1 unspecified atom stereocenters. The lowest BCUT2D eigenvalue weighted by atomic mass is 10.0. The van der Waals surface area contributed by atoms with Gasteiger partial charge in [-0.1, -0.05) is 29.8 Å². The Morgan fingerprint density at radius 2 is 1.91 bits per heavy atom. The van der Waals surface area contributed by atoms with Crippen LogP contribution in [0.5, 0.6) is 0 Å². The summed E-state index contributed by atoms with van der Waals surface area (Å²) in [5.74, 6) is 0.140. The SMILES string of the molecule is CNC1CCCN(C(=O)CCC(=O)c2ccc(C)cc2)C1.Cl. The lowest BCUT2D eigenvalue weighted by Gasteiger charge is -2.32. The van der Waals surface area contributed by atoms with Gasteiger partial charge in [-0.25, -0.2) is 0 Å². The number of Topliss-reactive ketones (excluding diaryl/α,β-unsaturated/α-hetero) is 1. The number of carbonyl (C=O) groups is 2. The van der Waals surface area contributed by atoms with E-state index in [1.54, 1.807) is 0 Å². The number of carbonyl (C=O) groups excluding carboxylic acids is 2. The second kappa shape index (κ2) is 8.91. The molecule has 122 valence electrons. The van der Waals surface area contributed by atoms with E-state index in [0.717, 1.165) is 31.5 Å². The number of likely N-dealkylation sites (tertiary alicyclic amines) is 1. The summed E-state index contributed by atoms with van der Waals surface area (Å²) in [6.07, 6.45) is 2.75. The first-order chi connectivity index (χ1) is 10.1. The van der Waals surface area contributed by atoms with E-state index in [2.05, 4.69) is 5.32 Å². The molecular formula is C17H25ClN2O2. The molecule has 1 aromatic carbocycles. The van der Waals surface area contributed by atoms with E-state index in [4.69, 9.17) is 0 Å². The maximum absolute atomic E-state index is 12.2. The van der Waals surface area contributed by atoms with E-state index in [-0.39, 0.29) is 24.1 Å². The van der Waals surface area contributed by atoms with Crippen LogP contribution in [-0.4, -0.2) is 42.8 Å². The number of halogens is 1. The summed E-state index contributed by atoms with van der Waals surface area (Å²) in [5.41, 5.74) is 1.83. The van der Waals surface area contributed by atoms with Gasteiger partial charge < -0.3 is 10.2 Å². The highest BCUT2D eigenvalue weighted by atomic mass is 35.5. The van der Waals surface area contributed by atoms with E-state index < -0.39 is 0 Å². The number of amides is 1. The molecule has 0 aliphatic carbocycles. The molecule has 1 amide bonds. The molecule has 5 heteroatoms. The molecule has 1 saturated heterocycles. The molecule has 1 aliphatic heterocycles. The van der Waals surface area contributed by atoms with Crippen molar-refractivity contribution < 1.29 is 9.59 Å². The fourth-order valence-electron chi connectivity index (χ4n) is 2.70. The number of hydrogen-bond acceptors (Lipinski definition) is 3. The predicted octanol–water partition coefficient (Wildman–Crippen LogP) is 2.59. The average molecular weight is 325 g/mol. The molecule has 0 spiro atoms. The Kier molecular flexibility index (Phi) is 7.56. The van der Waals surface area contributed by atoms with Gasteiger partial charge in [0.15, 0.2) is 5.78 Å². The molecule has 1 fully saturated rings. The monoisotopic (exact) mass is 324 g/mol. The molecule has 2 rings (SSSR count). The maximum atomic E-state index is 12.2. The zero-order valence-electron chi connectivity index (χ0n) is 13.3. The van der Waals surface area contributed by atoms with Crippen LogP contribution in [0.25, 0.3) is 0 Å². The lowest BCUT2D eigenvalue weighted by Crippen LogP contribution is -2.47. The number of likely N-dealkylation sites (N-methyl/N-ethyl adjacent to an activating group) is 1. The third kappa shape index (κ3) is 5.11. The van der Waals surface area contributed by atoms with Crippen molar-refractivity contribution in [2.45, 2.75) is 38.6 Å². The van der Waals surface area contributed by atoms with Crippen molar-refractivity contribution in [2.75, 3.05) is 20.1 Å². The molecule has 1 aliphatic rings. The van der Waals surface area contributed by atoms with Crippen molar-refractivity contribution in [3.05, 3.63) is 35.4 Å². The molecule has 1 heterocycles. The second-order valence-corrected chi connectivity index (χ2v) is 5.76. The highest BCUT2D eigenvalue weighted by Gasteiger charge is 2.22. The smallest absolute Gasteiger partial charge is 0.223 e. The van der Waals surface area contributed by atoms with Crippen molar-refractivity contribution in [3.63, 3.8) is 0 Å². The van der Waals surface area contributed by atoms with Crippen LogP contribution in [0.3, 0.4) is 0 Å². The van der Waals surface area contributed by atoms with E-state index in [1.807, 2.05) is 43.1 Å². The third-order valence-corrected chi connectivity index (χ3v) is 4.12. The third-order valence-electron chi connectivity index (χ3n) is 4.12. The van der Waals surface area contributed by atoms with Gasteiger partial charge in [-0.15, -0.1) is 12.4 Å². The van der Waals surface area contributed by atoms with Gasteiger partial charge in [-0.3, -0.25) is 9.59 Å². The minimum Gasteiger partial charge on any atom is -0.341 e. The number of benzene rings is 1. The second-order valence-electron chi connectivity index (χ2n) is 5.76. The number of ketones is 1. The zero-order valence-corrected chi connectivity index (χ0v) is 14.1. The van der Waals surface area contributed by atoms with Gasteiger partial charge in [0.1, 0.15) is 0 Å². The topological polar surface area (TPSA) is 49.4 Å². The van der Waals surface area contributed by atoms with Crippen molar-refractivity contribution in [1.29, 1.82) is 0 Å². The molecule has 4 nitrogen and oxygen atoms in total. The van der Waals surface area contributed by atoms with Gasteiger partial charge in [0.05, 0.1) is 0 Å². The molecular weight excluding hydrogens is 300 g/mol. The van der Waals surface area contributed by atoms with Gasteiger partial charge in [0.25, 0.3) is 0 Å². The summed E-state index contributed by atoms with van der Waals surface area (Å²) >= 11 is 0. The van der Waals surface area contributed by atoms with E-state index >= 15 is 0 Å². The van der Waals surface area contributed by atoms with Gasteiger partial charge >= 0.3 is 0 Å². The first-order valence-corrected chi connectivity index (χ1v) is 7.65. The van der Waals surface area contributed by atoms with Crippen molar-refractivity contribution in [2.24, 2.45) is 0 Å². The summed E-state index contributed by atoms with van der Waals surface area (Å²) in [6.45, 7) is 3.57. The van der Waals surface area contributed by atoms with Crippen LogP contribution >= 0.6 is 12.4 Å². The summed E-state index contributed by atoms with van der Waals surface area (Å²) in [4.78, 5) is 26.2. The fourth-order valence-corrected chi connectivity index (χ4v) is 2.70. The van der Waals surface area contributed by atoms with Crippen LogP contribution in [0.4, 0.5) is 0 Å². The van der Waals surface area contributed by atoms with Gasteiger partial charge in [-0.2, -0.15) is 0 Å². The summed E-state index contributed by atoms with van der Waals surface area (Å²) in [6, 6.07) is 7.91. The zero-order chi connectivity index (χ0) is 15.2. The van der Waals surface area contributed by atoms with Gasteiger partial charge in [-0.05, 0) is 26.8 Å². The van der Waals surface area contributed by atoms with Crippen LogP contribution in [0, 0.1) is 6.92 Å². The van der Waals surface area contributed by atoms with Crippen LogP contribution in [0.2, 0.25) is 0 Å². The molecule has 1 atom stereocenters. The van der Waals surface area contributed by atoms with E-state index in [9.17, 15) is 9.59 Å². The first-order valence-electron chi connectivity index (χ1n) is 7.65. The van der Waals surface area contributed by atoms with Crippen molar-refractivity contribution >= 4 is 24.1 Å². The van der Waals surface area contributed by atoms with Crippen molar-refractivity contribution in [3.8, 4) is 0 Å². The number of rotatable bonds is 5. The number of nitrogens with one attached hydrogen (secondary N) is 1. The maximum Gasteiger partial charge on any atom is 0.223 e. The quantitative estimate of drug-likeness (QED) is 0.847. The molecule has 1 N–H and O–H groups in total. The highest BCUT2D eigenvalue weighted by Crippen LogP contribution is 2.13. The minimum atomic E-state index is 0. The van der Waals surface area contributed by atoms with E-state index in [0.29, 0.717) is 24.4 Å². The molecule has 22 heavy (non-hydrogen) atoms. The Labute approximate surface area is 138 Å². The summed E-state index contributed by atoms with van der Waals surface area (Å²) in [7, 11) is 1.93. The van der Waals surface area contributed by atoms with Crippen LogP contribution in [0.1, 0.15) is 41.6 Å². The molecule has 0 bridgehead atoms. The molecule has 0 radical (unpaired) electrons. The number of hydrogen-bond donors (Lipinski definition) is 1. The molecule has 1 aromatic rings. The number of nitrogens with zero attached hydrogens (tertiary/aromatic N) is 1. The lowest BCUT2D eigenvalue weighted by molar-refractivity contribution is -0.132. The fraction of sp³-hybridized carbons (Fsp3) is 0.529. The Morgan fingerprint density at radius 1 is 1.23 bits per heavy atom. The standard InChI is InChI=1S/C17H24N2O2.ClH/c1-13-5-7-14(8-6-13)16(20)9-10-17(21)19-11-3-4-15(12-19)18-2;/h5-8,15,18H,3-4,9-12H2,1-2H3;1H. The summed E-state index contributed by atoms with van der Waals surface area (Å²) < 4.78 is 0. The predicted molar refractivity (Wildman–Crippen MR) is 90.7 cm³/mol. The Balaban J connectivity index is 0.00000242. The number of piperidine rings is 1. The van der Waals surface area contributed by atoms with Crippen LogP contribution in [0.15, 0.2) is 24.3 Å². The minimum absolute atomic E-state index is 0. The highest BCUT2D eigenvalue weighted by molar-refractivity contribution is 5.98. The Morgan fingerprint density at radius 3 is 2.55 bits per heavy atom. The number of aryl methyl sites for hydroxylation is 1. The Hall–Kier alpha value is -1.39. The summed E-state index contributed by atoms with van der Waals surface area (Å²) in [5, 5.41) is 3.22. The van der Waals surface area contributed by atoms with Crippen LogP contribution < -0.4 is 5.32 Å². The molecule has 0 aromatic heterocycles. The largest absolute Gasteiger partial charge is 0.341 e. The van der Waals surface area contributed by atoms with Gasteiger partial charge in [0.2, 0.25) is 5.91 Å². The van der Waals surface area contributed by atoms with Crippen LogP contribution in [-0.2, 0) is 4.79 Å². The normalized spacial score (nSPS) is 17.7. The van der Waals surface area contributed by atoms with Gasteiger partial charge in [0, 0.05) is 37.5 Å². The molecule has 0 saturated carbocycles. The first kappa shape index (κ1) is 18.7. The van der Waals surface area contributed by atoms with E-state index in [1.165, 1.54) is 0 Å². The van der Waals surface area contributed by atoms with Crippen molar-refractivity contribution in [1.82, 2.24) is 10.2 Å². The Bertz CT molecular complexity index is 502. The average Bonchev–Trinajstić information content (AvgIpc) is 2.53.